The zero-order valence-corrected chi connectivity index (χ0v) is 14.3. The summed E-state index contributed by atoms with van der Waals surface area (Å²) in [6, 6.07) is 17.0. The van der Waals surface area contributed by atoms with Crippen molar-refractivity contribution in [1.29, 1.82) is 0 Å². The molecule has 2 N–H and O–H groups in total. The number of carbonyl (C=O) groups is 1. The number of rotatable bonds is 7. The van der Waals surface area contributed by atoms with Crippen LogP contribution in [0.1, 0.15) is 16.8 Å². The molecular weight excluding hydrogens is 316 g/mol. The standard InChI is InChI=1S/C20H24N2O3/c21-14-16-10-11-22(15-16)20(23)18-8-4-5-9-19(18)25-13-12-24-17-6-2-1-3-7-17/h1-9,16H,10-15,21H2. The fraction of sp³-hybridized carbons (Fsp3) is 0.350. The summed E-state index contributed by atoms with van der Waals surface area (Å²) >= 11 is 0. The van der Waals surface area contributed by atoms with Gasteiger partial charge < -0.3 is 20.1 Å². The van der Waals surface area contributed by atoms with Gasteiger partial charge in [0.25, 0.3) is 5.91 Å². The highest BCUT2D eigenvalue weighted by Gasteiger charge is 2.27. The molecule has 1 unspecified atom stereocenters. The first kappa shape index (κ1) is 17.3. The van der Waals surface area contributed by atoms with Crippen molar-refractivity contribution in [3.8, 4) is 11.5 Å². The lowest BCUT2D eigenvalue weighted by Crippen LogP contribution is -2.30. The van der Waals surface area contributed by atoms with Crippen molar-refractivity contribution in [2.24, 2.45) is 11.7 Å². The van der Waals surface area contributed by atoms with E-state index in [1.165, 1.54) is 0 Å². The largest absolute Gasteiger partial charge is 0.490 e. The molecule has 0 spiro atoms. The van der Waals surface area contributed by atoms with Crippen LogP contribution in [0, 0.1) is 5.92 Å². The minimum absolute atomic E-state index is 0.00975. The second-order valence-electron chi connectivity index (χ2n) is 6.15. The summed E-state index contributed by atoms with van der Waals surface area (Å²) in [7, 11) is 0. The van der Waals surface area contributed by atoms with Crippen molar-refractivity contribution >= 4 is 5.91 Å². The van der Waals surface area contributed by atoms with Gasteiger partial charge in [0.2, 0.25) is 0 Å². The molecule has 1 heterocycles. The number of hydrogen-bond acceptors (Lipinski definition) is 4. The molecule has 5 heteroatoms. The van der Waals surface area contributed by atoms with E-state index >= 15 is 0 Å². The number of amides is 1. The van der Waals surface area contributed by atoms with Gasteiger partial charge in [-0.25, -0.2) is 0 Å². The number of carbonyl (C=O) groups excluding carboxylic acids is 1. The molecule has 0 aliphatic carbocycles. The van der Waals surface area contributed by atoms with E-state index in [1.54, 1.807) is 0 Å². The Hall–Kier alpha value is -2.53. The van der Waals surface area contributed by atoms with Crippen molar-refractivity contribution in [3.05, 3.63) is 60.2 Å². The Balaban J connectivity index is 1.56. The van der Waals surface area contributed by atoms with Crippen LogP contribution >= 0.6 is 0 Å². The van der Waals surface area contributed by atoms with Crippen LogP contribution in [0.4, 0.5) is 0 Å². The van der Waals surface area contributed by atoms with Gasteiger partial charge in [0.1, 0.15) is 24.7 Å². The number of hydrogen-bond donors (Lipinski definition) is 1. The summed E-state index contributed by atoms with van der Waals surface area (Å²) in [5, 5.41) is 0. The Kier molecular flexibility index (Phi) is 5.90. The number of benzene rings is 2. The molecule has 0 aromatic heterocycles. The van der Waals surface area contributed by atoms with Gasteiger partial charge in [-0.1, -0.05) is 30.3 Å². The van der Waals surface area contributed by atoms with E-state index in [0.717, 1.165) is 25.3 Å². The summed E-state index contributed by atoms with van der Waals surface area (Å²) < 4.78 is 11.4. The molecule has 2 aromatic rings. The number of likely N-dealkylation sites (tertiary alicyclic amines) is 1. The van der Waals surface area contributed by atoms with Gasteiger partial charge >= 0.3 is 0 Å². The molecule has 2 aromatic carbocycles. The molecule has 1 atom stereocenters. The van der Waals surface area contributed by atoms with Gasteiger partial charge in [-0.15, -0.1) is 0 Å². The smallest absolute Gasteiger partial charge is 0.257 e. The zero-order chi connectivity index (χ0) is 17.5. The molecular formula is C20H24N2O3. The van der Waals surface area contributed by atoms with E-state index in [2.05, 4.69) is 0 Å². The SMILES string of the molecule is NCC1CCN(C(=O)c2ccccc2OCCOc2ccccc2)C1. The van der Waals surface area contributed by atoms with Gasteiger partial charge in [-0.3, -0.25) is 4.79 Å². The minimum atomic E-state index is 0.00975. The molecule has 0 radical (unpaired) electrons. The van der Waals surface area contributed by atoms with Crippen LogP contribution in [-0.4, -0.2) is 43.7 Å². The maximum Gasteiger partial charge on any atom is 0.257 e. The van der Waals surface area contributed by atoms with E-state index in [4.69, 9.17) is 15.2 Å². The van der Waals surface area contributed by atoms with Crippen LogP contribution in [-0.2, 0) is 0 Å². The third-order valence-electron chi connectivity index (χ3n) is 4.38. The third-order valence-corrected chi connectivity index (χ3v) is 4.38. The van der Waals surface area contributed by atoms with E-state index in [9.17, 15) is 4.79 Å². The Labute approximate surface area is 148 Å². The maximum atomic E-state index is 12.8. The van der Waals surface area contributed by atoms with Crippen LogP contribution < -0.4 is 15.2 Å². The first-order chi connectivity index (χ1) is 12.3. The Morgan fingerprint density at radius 2 is 1.76 bits per heavy atom. The molecule has 1 fully saturated rings. The molecule has 0 bridgehead atoms. The van der Waals surface area contributed by atoms with Crippen LogP contribution in [0.5, 0.6) is 11.5 Å². The molecule has 132 valence electrons. The number of para-hydroxylation sites is 2. The second-order valence-corrected chi connectivity index (χ2v) is 6.15. The Bertz CT molecular complexity index is 690. The van der Waals surface area contributed by atoms with Gasteiger partial charge in [-0.05, 0) is 43.1 Å². The van der Waals surface area contributed by atoms with Crippen molar-refractivity contribution in [3.63, 3.8) is 0 Å². The summed E-state index contributed by atoms with van der Waals surface area (Å²) in [6.45, 7) is 2.90. The predicted octanol–water partition coefficient (Wildman–Crippen LogP) is 2.57. The first-order valence-corrected chi connectivity index (χ1v) is 8.67. The Morgan fingerprint density at radius 3 is 2.52 bits per heavy atom. The van der Waals surface area contributed by atoms with E-state index in [0.29, 0.717) is 37.0 Å². The molecule has 1 amide bonds. The van der Waals surface area contributed by atoms with Crippen LogP contribution in [0.3, 0.4) is 0 Å². The molecule has 25 heavy (non-hydrogen) atoms. The monoisotopic (exact) mass is 340 g/mol. The minimum Gasteiger partial charge on any atom is -0.490 e. The average Bonchev–Trinajstić information content (AvgIpc) is 3.15. The predicted molar refractivity (Wildman–Crippen MR) is 96.9 cm³/mol. The summed E-state index contributed by atoms with van der Waals surface area (Å²) in [4.78, 5) is 14.6. The van der Waals surface area contributed by atoms with Gasteiger partial charge in [0, 0.05) is 13.1 Å². The van der Waals surface area contributed by atoms with Crippen LogP contribution in [0.2, 0.25) is 0 Å². The number of nitrogens with zero attached hydrogens (tertiary/aromatic N) is 1. The lowest BCUT2D eigenvalue weighted by atomic mass is 10.1. The highest BCUT2D eigenvalue weighted by molar-refractivity contribution is 5.97. The zero-order valence-electron chi connectivity index (χ0n) is 14.3. The fourth-order valence-electron chi connectivity index (χ4n) is 2.98. The van der Waals surface area contributed by atoms with E-state index in [1.807, 2.05) is 59.5 Å². The summed E-state index contributed by atoms with van der Waals surface area (Å²) in [5.74, 6) is 1.81. The normalized spacial score (nSPS) is 16.7. The maximum absolute atomic E-state index is 12.8. The molecule has 3 rings (SSSR count). The Morgan fingerprint density at radius 1 is 1.04 bits per heavy atom. The highest BCUT2D eigenvalue weighted by Crippen LogP contribution is 2.23. The molecule has 1 aliphatic rings. The van der Waals surface area contributed by atoms with Crippen molar-refractivity contribution < 1.29 is 14.3 Å². The fourth-order valence-corrected chi connectivity index (χ4v) is 2.98. The summed E-state index contributed by atoms with van der Waals surface area (Å²) in [6.07, 6.45) is 0.968. The highest BCUT2D eigenvalue weighted by atomic mass is 16.5. The molecule has 5 nitrogen and oxygen atoms in total. The van der Waals surface area contributed by atoms with Crippen molar-refractivity contribution in [2.45, 2.75) is 6.42 Å². The topological polar surface area (TPSA) is 64.8 Å². The van der Waals surface area contributed by atoms with E-state index < -0.39 is 0 Å². The first-order valence-electron chi connectivity index (χ1n) is 8.67. The van der Waals surface area contributed by atoms with Gasteiger partial charge in [0.15, 0.2) is 0 Å². The van der Waals surface area contributed by atoms with Crippen molar-refractivity contribution in [2.75, 3.05) is 32.8 Å². The quantitative estimate of drug-likeness (QED) is 0.787. The second kappa shape index (κ2) is 8.53. The molecule has 0 saturated carbocycles. The summed E-state index contributed by atoms with van der Waals surface area (Å²) in [5.41, 5.74) is 6.31. The number of ether oxygens (including phenoxy) is 2. The van der Waals surface area contributed by atoms with Gasteiger partial charge in [0.05, 0.1) is 5.56 Å². The lowest BCUT2D eigenvalue weighted by molar-refractivity contribution is 0.0782. The number of nitrogens with two attached hydrogens (primary N) is 1. The average molecular weight is 340 g/mol. The van der Waals surface area contributed by atoms with Crippen molar-refractivity contribution in [1.82, 2.24) is 4.90 Å². The molecule has 1 saturated heterocycles. The van der Waals surface area contributed by atoms with Crippen LogP contribution in [0.25, 0.3) is 0 Å². The molecule has 1 aliphatic heterocycles. The van der Waals surface area contributed by atoms with Crippen LogP contribution in [0.15, 0.2) is 54.6 Å². The van der Waals surface area contributed by atoms with E-state index in [-0.39, 0.29) is 5.91 Å². The van der Waals surface area contributed by atoms with Gasteiger partial charge in [-0.2, -0.15) is 0 Å². The lowest BCUT2D eigenvalue weighted by Gasteiger charge is -2.18. The third kappa shape index (κ3) is 4.51.